The van der Waals surface area contributed by atoms with E-state index in [0.29, 0.717) is 5.02 Å². The van der Waals surface area contributed by atoms with Gasteiger partial charge < -0.3 is 9.51 Å². The van der Waals surface area contributed by atoms with Gasteiger partial charge in [0, 0.05) is 23.3 Å². The second-order valence-electron chi connectivity index (χ2n) is 8.79. The molecule has 2 heterocycles. The summed E-state index contributed by atoms with van der Waals surface area (Å²) in [6.45, 7) is 0.242. The van der Waals surface area contributed by atoms with Crippen LogP contribution >= 0.6 is 11.6 Å². The van der Waals surface area contributed by atoms with Gasteiger partial charge in [0.15, 0.2) is 0 Å². The van der Waals surface area contributed by atoms with E-state index in [1.165, 1.54) is 23.9 Å². The van der Waals surface area contributed by atoms with Crippen LogP contribution in [0.15, 0.2) is 90.2 Å². The fourth-order valence-corrected chi connectivity index (χ4v) is 5.46. The number of hydrogen-bond donors (Lipinski definition) is 2. The standard InChI is InChI=1S/C28H28ClN3O4S/c29-24-13-15-27(16-14-24)37(35,36)31-18-23(22-11-8-21(9-12-22)10-17-28(33)34)4-1-2-5-25-6-3-7-26-19-30-20-32(25)26/h3,6-17,19-20,23,31H,1-2,4-5,18H2,(H,33,34). The number of imidazole rings is 1. The molecule has 0 spiro atoms. The van der Waals surface area contributed by atoms with E-state index in [1.54, 1.807) is 12.1 Å². The van der Waals surface area contributed by atoms with Crippen molar-refractivity contribution in [2.75, 3.05) is 6.54 Å². The summed E-state index contributed by atoms with van der Waals surface area (Å²) in [4.78, 5) is 15.2. The summed E-state index contributed by atoms with van der Waals surface area (Å²) in [5.41, 5.74) is 4.00. The zero-order valence-corrected chi connectivity index (χ0v) is 21.7. The Morgan fingerprint density at radius 3 is 2.54 bits per heavy atom. The van der Waals surface area contributed by atoms with Crippen molar-refractivity contribution >= 4 is 39.2 Å². The number of sulfonamides is 1. The Kier molecular flexibility index (Phi) is 8.76. The lowest BCUT2D eigenvalue weighted by atomic mass is 9.92. The third-order valence-corrected chi connectivity index (χ3v) is 7.93. The van der Waals surface area contributed by atoms with Crippen LogP contribution in [0.5, 0.6) is 0 Å². The van der Waals surface area contributed by atoms with Gasteiger partial charge in [0.05, 0.1) is 22.9 Å². The molecule has 4 aromatic rings. The topological polar surface area (TPSA) is 101 Å². The van der Waals surface area contributed by atoms with Crippen molar-refractivity contribution < 1.29 is 18.3 Å². The first kappa shape index (κ1) is 26.6. The molecule has 1 atom stereocenters. The lowest BCUT2D eigenvalue weighted by Crippen LogP contribution is -2.28. The maximum absolute atomic E-state index is 12.9. The van der Waals surface area contributed by atoms with Gasteiger partial charge in [0.2, 0.25) is 10.0 Å². The average Bonchev–Trinajstić information content (AvgIpc) is 3.37. The van der Waals surface area contributed by atoms with Gasteiger partial charge in [0.1, 0.15) is 0 Å². The van der Waals surface area contributed by atoms with Crippen LogP contribution in [0.2, 0.25) is 5.02 Å². The number of fused-ring (bicyclic) bond motifs is 1. The van der Waals surface area contributed by atoms with Crippen molar-refractivity contribution in [3.63, 3.8) is 0 Å². The summed E-state index contributed by atoms with van der Waals surface area (Å²) in [5.74, 6) is -1.06. The predicted octanol–water partition coefficient (Wildman–Crippen LogP) is 5.56. The maximum Gasteiger partial charge on any atom is 0.328 e. The number of carbonyl (C=O) groups is 1. The summed E-state index contributed by atoms with van der Waals surface area (Å²) in [7, 11) is -3.69. The van der Waals surface area contributed by atoms with E-state index in [0.717, 1.165) is 48.4 Å². The van der Waals surface area contributed by atoms with Gasteiger partial charge in [-0.2, -0.15) is 0 Å². The smallest absolute Gasteiger partial charge is 0.328 e. The second kappa shape index (κ2) is 12.2. The Labute approximate surface area is 221 Å². The zero-order valence-electron chi connectivity index (χ0n) is 20.1. The SMILES string of the molecule is O=C(O)C=Cc1ccc(C(CCCCc2cccc3cncn23)CNS(=O)(=O)c2ccc(Cl)cc2)cc1. The Bertz CT molecular complexity index is 1480. The van der Waals surface area contributed by atoms with Crippen molar-refractivity contribution in [1.82, 2.24) is 14.1 Å². The molecule has 0 saturated heterocycles. The first-order valence-corrected chi connectivity index (χ1v) is 13.8. The van der Waals surface area contributed by atoms with Crippen molar-refractivity contribution in [3.8, 4) is 0 Å². The highest BCUT2D eigenvalue weighted by molar-refractivity contribution is 7.89. The number of halogens is 1. The summed E-state index contributed by atoms with van der Waals surface area (Å²) < 4.78 is 30.6. The molecular formula is C28H28ClN3O4S. The third-order valence-electron chi connectivity index (χ3n) is 6.24. The number of unbranched alkanes of at least 4 members (excludes halogenated alkanes) is 1. The molecule has 0 saturated carbocycles. The minimum atomic E-state index is -3.69. The van der Waals surface area contributed by atoms with Crippen molar-refractivity contribution in [2.45, 2.75) is 36.5 Å². The molecule has 0 amide bonds. The average molecular weight is 538 g/mol. The highest BCUT2D eigenvalue weighted by atomic mass is 35.5. The van der Waals surface area contributed by atoms with Crippen LogP contribution in [0.1, 0.15) is 42.0 Å². The zero-order chi connectivity index (χ0) is 26.3. The van der Waals surface area contributed by atoms with Gasteiger partial charge in [-0.15, -0.1) is 0 Å². The third kappa shape index (κ3) is 7.29. The monoisotopic (exact) mass is 537 g/mol. The Morgan fingerprint density at radius 1 is 1.05 bits per heavy atom. The molecule has 2 aromatic carbocycles. The Hall–Kier alpha value is -3.46. The van der Waals surface area contributed by atoms with E-state index in [1.807, 2.05) is 48.9 Å². The molecule has 9 heteroatoms. The van der Waals surface area contributed by atoms with E-state index in [2.05, 4.69) is 20.2 Å². The van der Waals surface area contributed by atoms with Crippen LogP contribution in [0, 0.1) is 0 Å². The summed E-state index contributed by atoms with van der Waals surface area (Å²) in [6, 6.07) is 19.8. The molecule has 2 N–H and O–H groups in total. The van der Waals surface area contributed by atoms with E-state index in [9.17, 15) is 13.2 Å². The number of aromatic nitrogens is 2. The quantitative estimate of drug-likeness (QED) is 0.182. The molecular weight excluding hydrogens is 510 g/mol. The highest BCUT2D eigenvalue weighted by Crippen LogP contribution is 2.24. The number of carboxylic acids is 1. The van der Waals surface area contributed by atoms with Crippen LogP contribution in [0.25, 0.3) is 11.6 Å². The van der Waals surface area contributed by atoms with Gasteiger partial charge in [0.25, 0.3) is 0 Å². The minimum Gasteiger partial charge on any atom is -0.478 e. The summed E-state index contributed by atoms with van der Waals surface area (Å²) in [5, 5.41) is 9.33. The number of hydrogen-bond acceptors (Lipinski definition) is 4. The van der Waals surface area contributed by atoms with Crippen molar-refractivity contribution in [2.24, 2.45) is 0 Å². The first-order chi connectivity index (χ1) is 17.8. The predicted molar refractivity (Wildman–Crippen MR) is 145 cm³/mol. The van der Waals surface area contributed by atoms with E-state index >= 15 is 0 Å². The number of pyridine rings is 1. The molecule has 0 radical (unpaired) electrons. The van der Waals surface area contributed by atoms with Crippen molar-refractivity contribution in [3.05, 3.63) is 107 Å². The number of carboxylic acid groups (broad SMARTS) is 1. The maximum atomic E-state index is 12.9. The van der Waals surface area contributed by atoms with Crippen molar-refractivity contribution in [1.29, 1.82) is 0 Å². The number of benzene rings is 2. The molecule has 7 nitrogen and oxygen atoms in total. The fraction of sp³-hybridized carbons (Fsp3) is 0.214. The van der Waals surface area contributed by atoms with Gasteiger partial charge in [-0.3, -0.25) is 0 Å². The molecule has 0 aliphatic heterocycles. The Morgan fingerprint density at radius 2 is 1.81 bits per heavy atom. The van der Waals surface area contributed by atoms with E-state index in [-0.39, 0.29) is 17.4 Å². The molecule has 0 aliphatic rings. The van der Waals surface area contributed by atoms with Crippen LogP contribution in [0.3, 0.4) is 0 Å². The lowest BCUT2D eigenvalue weighted by Gasteiger charge is -2.19. The summed E-state index contributed by atoms with van der Waals surface area (Å²) >= 11 is 5.91. The van der Waals surface area contributed by atoms with Gasteiger partial charge in [-0.25, -0.2) is 22.9 Å². The minimum absolute atomic E-state index is 0.0522. The van der Waals surface area contributed by atoms with Gasteiger partial charge in [-0.05, 0) is 78.8 Å². The van der Waals surface area contributed by atoms with Gasteiger partial charge >= 0.3 is 5.97 Å². The first-order valence-electron chi connectivity index (χ1n) is 12.0. The van der Waals surface area contributed by atoms with Crippen LogP contribution < -0.4 is 4.72 Å². The number of nitrogens with one attached hydrogen (secondary N) is 1. The number of rotatable bonds is 12. The van der Waals surface area contributed by atoms with Crippen LogP contribution in [-0.4, -0.2) is 35.4 Å². The molecule has 4 rings (SSSR count). The molecule has 2 aromatic heterocycles. The fourth-order valence-electron chi connectivity index (χ4n) is 4.25. The number of aliphatic carboxylic acids is 1. The van der Waals surface area contributed by atoms with Crippen LogP contribution in [-0.2, 0) is 21.2 Å². The largest absolute Gasteiger partial charge is 0.478 e. The lowest BCUT2D eigenvalue weighted by molar-refractivity contribution is -0.131. The van der Waals surface area contributed by atoms with E-state index in [4.69, 9.17) is 16.7 Å². The molecule has 0 aliphatic carbocycles. The van der Waals surface area contributed by atoms with Crippen LogP contribution in [0.4, 0.5) is 0 Å². The summed E-state index contributed by atoms with van der Waals surface area (Å²) in [6.07, 6.45) is 9.79. The molecule has 37 heavy (non-hydrogen) atoms. The molecule has 192 valence electrons. The molecule has 1 unspecified atom stereocenters. The normalized spacial score (nSPS) is 12.8. The number of aryl methyl sites for hydroxylation is 1. The Balaban J connectivity index is 1.44. The highest BCUT2D eigenvalue weighted by Gasteiger charge is 2.18. The molecule has 0 bridgehead atoms. The second-order valence-corrected chi connectivity index (χ2v) is 11.0. The van der Waals surface area contributed by atoms with Gasteiger partial charge in [-0.1, -0.05) is 48.4 Å². The van der Waals surface area contributed by atoms with E-state index < -0.39 is 16.0 Å². The molecule has 0 fully saturated rings. The number of nitrogens with zero attached hydrogens (tertiary/aromatic N) is 2.